The summed E-state index contributed by atoms with van der Waals surface area (Å²) in [4.78, 5) is 26.9. The number of carbonyl (C=O) groups is 2. The Morgan fingerprint density at radius 3 is 2.90 bits per heavy atom. The van der Waals surface area contributed by atoms with Crippen molar-refractivity contribution < 1.29 is 19.1 Å². The maximum Gasteiger partial charge on any atom is 0.324 e. The lowest BCUT2D eigenvalue weighted by Crippen LogP contribution is -2.48. The highest BCUT2D eigenvalue weighted by molar-refractivity contribution is 5.82. The van der Waals surface area contributed by atoms with Gasteiger partial charge in [-0.15, -0.1) is 4.95 Å². The summed E-state index contributed by atoms with van der Waals surface area (Å²) in [6, 6.07) is -0.849. The van der Waals surface area contributed by atoms with Crippen LogP contribution < -0.4 is 11.1 Å². The maximum absolute atomic E-state index is 11.2. The van der Waals surface area contributed by atoms with E-state index in [1.807, 2.05) is 0 Å². The Labute approximate surface area is 122 Å². The van der Waals surface area contributed by atoms with Gasteiger partial charge in [-0.3, -0.25) is 9.59 Å². The van der Waals surface area contributed by atoms with Gasteiger partial charge in [0.15, 0.2) is 0 Å². The van der Waals surface area contributed by atoms with Gasteiger partial charge in [0.05, 0.1) is 13.7 Å². The quantitative estimate of drug-likeness (QED) is 0.223. The van der Waals surface area contributed by atoms with Crippen molar-refractivity contribution in [2.45, 2.75) is 25.5 Å². The normalized spacial score (nSPS) is 19.6. The molecule has 0 aromatic heterocycles. The first-order valence-corrected chi connectivity index (χ1v) is 6.41. The number of rotatable bonds is 4. The number of methoxy groups -OCH3 is 1. The SMILES string of the molecule is [C-]#[N+]/N=C(\NC[C@H](N)C(=O)OC)N1CC[C@H](OC(C)=O)C1. The van der Waals surface area contributed by atoms with Gasteiger partial charge in [-0.05, 0) is 0 Å². The molecular formula is C12H19N5O4. The monoisotopic (exact) mass is 297 g/mol. The van der Waals surface area contributed by atoms with Crippen molar-refractivity contribution in [1.82, 2.24) is 10.2 Å². The van der Waals surface area contributed by atoms with E-state index in [9.17, 15) is 9.59 Å². The van der Waals surface area contributed by atoms with Gasteiger partial charge >= 0.3 is 11.9 Å². The number of esters is 2. The summed E-state index contributed by atoms with van der Waals surface area (Å²) in [5.74, 6) is -0.589. The third-order valence-electron chi connectivity index (χ3n) is 2.91. The number of hydrogen-bond donors (Lipinski definition) is 2. The highest BCUT2D eigenvalue weighted by atomic mass is 16.5. The fraction of sp³-hybridized carbons (Fsp3) is 0.667. The zero-order chi connectivity index (χ0) is 15.8. The smallest absolute Gasteiger partial charge is 0.324 e. The molecule has 116 valence electrons. The van der Waals surface area contributed by atoms with Crippen LogP contribution in [0.15, 0.2) is 5.10 Å². The number of ether oxygens (including phenoxy) is 2. The molecule has 0 aliphatic carbocycles. The minimum atomic E-state index is -0.849. The van der Waals surface area contributed by atoms with Crippen molar-refractivity contribution in [2.24, 2.45) is 10.8 Å². The molecule has 9 nitrogen and oxygen atoms in total. The Kier molecular flexibility index (Phi) is 6.42. The van der Waals surface area contributed by atoms with E-state index in [0.717, 1.165) is 0 Å². The molecule has 0 aromatic carbocycles. The molecule has 1 heterocycles. The molecule has 21 heavy (non-hydrogen) atoms. The summed E-state index contributed by atoms with van der Waals surface area (Å²) in [5, 5.41) is 6.50. The van der Waals surface area contributed by atoms with Crippen molar-refractivity contribution in [3.05, 3.63) is 11.5 Å². The fourth-order valence-corrected chi connectivity index (χ4v) is 1.95. The zero-order valence-electron chi connectivity index (χ0n) is 12.0. The number of nitrogens with one attached hydrogen (secondary N) is 1. The predicted octanol–water partition coefficient (Wildman–Crippen LogP) is -1.10. The molecule has 0 radical (unpaired) electrons. The molecule has 1 fully saturated rings. The van der Waals surface area contributed by atoms with E-state index in [-0.39, 0.29) is 18.6 Å². The highest BCUT2D eigenvalue weighted by Gasteiger charge is 2.29. The average Bonchev–Trinajstić information content (AvgIpc) is 2.89. The minimum absolute atomic E-state index is 0.0930. The maximum atomic E-state index is 11.2. The first-order valence-electron chi connectivity index (χ1n) is 6.41. The van der Waals surface area contributed by atoms with Crippen molar-refractivity contribution in [2.75, 3.05) is 26.7 Å². The molecule has 0 spiro atoms. The van der Waals surface area contributed by atoms with Gasteiger partial charge in [0, 0.05) is 26.4 Å². The summed E-state index contributed by atoms with van der Waals surface area (Å²) in [6.45, 7) is 9.30. The van der Waals surface area contributed by atoms with E-state index in [4.69, 9.17) is 17.0 Å². The molecule has 0 amide bonds. The number of nitrogens with zero attached hydrogens (tertiary/aromatic N) is 3. The molecule has 9 heteroatoms. The van der Waals surface area contributed by atoms with Crippen LogP contribution in [0.25, 0.3) is 4.95 Å². The Bertz CT molecular complexity index is 459. The van der Waals surface area contributed by atoms with Gasteiger partial charge in [-0.2, -0.15) is 6.57 Å². The largest absolute Gasteiger partial charge is 0.468 e. The second-order valence-electron chi connectivity index (χ2n) is 4.50. The highest BCUT2D eigenvalue weighted by Crippen LogP contribution is 2.13. The van der Waals surface area contributed by atoms with E-state index in [2.05, 4.69) is 20.1 Å². The molecule has 0 bridgehead atoms. The number of guanidine groups is 1. The van der Waals surface area contributed by atoms with Crippen molar-refractivity contribution in [3.8, 4) is 0 Å². The predicted molar refractivity (Wildman–Crippen MR) is 73.8 cm³/mol. The van der Waals surface area contributed by atoms with Crippen LogP contribution in [0.1, 0.15) is 13.3 Å². The van der Waals surface area contributed by atoms with Gasteiger partial charge in [0.25, 0.3) is 5.96 Å². The van der Waals surface area contributed by atoms with E-state index in [1.165, 1.54) is 14.0 Å². The van der Waals surface area contributed by atoms with Crippen LogP contribution in [0.5, 0.6) is 0 Å². The topological polar surface area (TPSA) is 111 Å². The molecule has 1 rings (SSSR count). The van der Waals surface area contributed by atoms with Crippen LogP contribution in [0.4, 0.5) is 0 Å². The van der Waals surface area contributed by atoms with Crippen LogP contribution in [0, 0.1) is 6.57 Å². The molecule has 0 unspecified atom stereocenters. The third-order valence-corrected chi connectivity index (χ3v) is 2.91. The number of hydrogen-bond acceptors (Lipinski definition) is 6. The van der Waals surface area contributed by atoms with E-state index < -0.39 is 12.0 Å². The lowest BCUT2D eigenvalue weighted by atomic mass is 10.3. The third kappa shape index (κ3) is 5.27. The summed E-state index contributed by atoms with van der Waals surface area (Å²) < 4.78 is 9.63. The van der Waals surface area contributed by atoms with Gasteiger partial charge in [0.1, 0.15) is 17.2 Å². The second-order valence-corrected chi connectivity index (χ2v) is 4.50. The summed E-state index contributed by atoms with van der Waals surface area (Å²) >= 11 is 0. The molecule has 0 aromatic rings. The van der Waals surface area contributed by atoms with Crippen LogP contribution in [-0.2, 0) is 19.1 Å². The molecule has 3 N–H and O–H groups in total. The summed E-state index contributed by atoms with van der Waals surface area (Å²) in [6.07, 6.45) is 0.427. The van der Waals surface area contributed by atoms with Crippen molar-refractivity contribution >= 4 is 17.9 Å². The van der Waals surface area contributed by atoms with Crippen LogP contribution in [-0.4, -0.2) is 61.7 Å². The Hall–Kier alpha value is -2.34. The standard InChI is InChI=1S/C12H19N5O4/c1-8(18)21-9-4-5-17(7-9)12(16-14-2)15-6-10(13)11(19)20-3/h9-10H,4-7,13H2,1,3H3,(H,15,16)/t9-,10-/m0/s1. The van der Waals surface area contributed by atoms with Crippen LogP contribution >= 0.6 is 0 Å². The lowest BCUT2D eigenvalue weighted by molar-refractivity contribution is -0.145. The molecule has 1 aliphatic heterocycles. The van der Waals surface area contributed by atoms with Crippen LogP contribution in [0.3, 0.4) is 0 Å². The lowest BCUT2D eigenvalue weighted by Gasteiger charge is -2.19. The molecule has 2 atom stereocenters. The number of likely N-dealkylation sites (tertiary alicyclic amines) is 1. The fourth-order valence-electron chi connectivity index (χ4n) is 1.95. The molecule has 0 saturated carbocycles. The van der Waals surface area contributed by atoms with Crippen LogP contribution in [0.2, 0.25) is 0 Å². The first kappa shape index (κ1) is 16.7. The van der Waals surface area contributed by atoms with Gasteiger partial charge < -0.3 is 25.4 Å². The molecular weight excluding hydrogens is 278 g/mol. The van der Waals surface area contributed by atoms with E-state index in [0.29, 0.717) is 25.5 Å². The molecule has 1 aliphatic rings. The van der Waals surface area contributed by atoms with Crippen molar-refractivity contribution in [3.63, 3.8) is 0 Å². The molecule has 1 saturated heterocycles. The van der Waals surface area contributed by atoms with Gasteiger partial charge in [0.2, 0.25) is 0 Å². The minimum Gasteiger partial charge on any atom is -0.468 e. The Morgan fingerprint density at radius 1 is 1.62 bits per heavy atom. The zero-order valence-corrected chi connectivity index (χ0v) is 12.0. The summed E-state index contributed by atoms with van der Waals surface area (Å²) in [5.41, 5.74) is 5.61. The number of carbonyl (C=O) groups excluding carboxylic acids is 2. The average molecular weight is 297 g/mol. The Morgan fingerprint density at radius 2 is 2.33 bits per heavy atom. The second kappa shape index (κ2) is 8.06. The van der Waals surface area contributed by atoms with E-state index in [1.54, 1.807) is 4.90 Å². The Balaban J connectivity index is 2.56. The van der Waals surface area contributed by atoms with Crippen molar-refractivity contribution in [1.29, 1.82) is 0 Å². The first-order chi connectivity index (χ1) is 9.97. The van der Waals surface area contributed by atoms with Gasteiger partial charge in [-0.1, -0.05) is 0 Å². The van der Waals surface area contributed by atoms with Gasteiger partial charge in [-0.25, -0.2) is 0 Å². The summed E-state index contributed by atoms with van der Waals surface area (Å²) in [7, 11) is 1.25. The van der Waals surface area contributed by atoms with E-state index >= 15 is 0 Å². The number of nitrogens with two attached hydrogens (primary N) is 1.